The number of alkyl halides is 1. The van der Waals surface area contributed by atoms with E-state index in [9.17, 15) is 0 Å². The van der Waals surface area contributed by atoms with Crippen LogP contribution in [-0.4, -0.2) is 15.1 Å². The SMILES string of the molecule is Cn1ccc(CC(CBr)C(C)(C)C)n1. The molecule has 1 atom stereocenters. The summed E-state index contributed by atoms with van der Waals surface area (Å²) in [6, 6.07) is 2.10. The van der Waals surface area contributed by atoms with E-state index in [2.05, 4.69) is 47.9 Å². The number of aryl methyl sites for hydroxylation is 1. The van der Waals surface area contributed by atoms with Crippen molar-refractivity contribution in [2.75, 3.05) is 5.33 Å². The Morgan fingerprint density at radius 1 is 1.50 bits per heavy atom. The Morgan fingerprint density at radius 3 is 2.50 bits per heavy atom. The van der Waals surface area contributed by atoms with Crippen LogP contribution in [0.2, 0.25) is 0 Å². The third-order valence-corrected chi connectivity index (χ3v) is 3.42. The summed E-state index contributed by atoms with van der Waals surface area (Å²) in [5.41, 5.74) is 1.52. The van der Waals surface area contributed by atoms with Crippen molar-refractivity contribution in [3.05, 3.63) is 18.0 Å². The number of rotatable bonds is 3. The van der Waals surface area contributed by atoms with Gasteiger partial charge in [-0.1, -0.05) is 36.7 Å². The zero-order chi connectivity index (χ0) is 10.8. The first-order valence-electron chi connectivity index (χ1n) is 4.98. The van der Waals surface area contributed by atoms with Gasteiger partial charge < -0.3 is 0 Å². The van der Waals surface area contributed by atoms with Crippen LogP contribution in [0.25, 0.3) is 0 Å². The summed E-state index contributed by atoms with van der Waals surface area (Å²) in [4.78, 5) is 0. The second-order valence-electron chi connectivity index (χ2n) is 4.90. The molecular formula is C11H19BrN2. The molecule has 80 valence electrons. The number of hydrogen-bond acceptors (Lipinski definition) is 1. The summed E-state index contributed by atoms with van der Waals surface area (Å²) in [6.07, 6.45) is 3.05. The highest BCUT2D eigenvalue weighted by molar-refractivity contribution is 9.09. The molecule has 0 spiro atoms. The topological polar surface area (TPSA) is 17.8 Å². The number of halogens is 1. The maximum absolute atomic E-state index is 4.41. The first-order chi connectivity index (χ1) is 6.43. The lowest BCUT2D eigenvalue weighted by Crippen LogP contribution is -2.24. The van der Waals surface area contributed by atoms with Crippen LogP contribution < -0.4 is 0 Å². The van der Waals surface area contributed by atoms with Crippen LogP contribution in [0.3, 0.4) is 0 Å². The smallest absolute Gasteiger partial charge is 0.0627 e. The molecule has 0 saturated heterocycles. The van der Waals surface area contributed by atoms with Crippen molar-refractivity contribution in [2.24, 2.45) is 18.4 Å². The molecule has 0 aliphatic rings. The minimum atomic E-state index is 0.334. The fraction of sp³-hybridized carbons (Fsp3) is 0.727. The van der Waals surface area contributed by atoms with Crippen molar-refractivity contribution >= 4 is 15.9 Å². The predicted molar refractivity (Wildman–Crippen MR) is 63.7 cm³/mol. The molecule has 1 aromatic rings. The Bertz CT molecular complexity index is 286. The van der Waals surface area contributed by atoms with Gasteiger partial charge in [-0.15, -0.1) is 0 Å². The van der Waals surface area contributed by atoms with E-state index in [4.69, 9.17) is 0 Å². The fourth-order valence-corrected chi connectivity index (χ4v) is 2.62. The van der Waals surface area contributed by atoms with Gasteiger partial charge in [-0.05, 0) is 23.8 Å². The number of nitrogens with zero attached hydrogens (tertiary/aromatic N) is 2. The maximum atomic E-state index is 4.41. The molecule has 14 heavy (non-hydrogen) atoms. The molecule has 1 rings (SSSR count). The van der Waals surface area contributed by atoms with Gasteiger partial charge in [0, 0.05) is 18.6 Å². The molecule has 0 saturated carbocycles. The van der Waals surface area contributed by atoms with Gasteiger partial charge in [-0.3, -0.25) is 4.68 Å². The first kappa shape index (κ1) is 11.8. The van der Waals surface area contributed by atoms with Crippen molar-refractivity contribution in [1.29, 1.82) is 0 Å². The summed E-state index contributed by atoms with van der Waals surface area (Å²) < 4.78 is 1.86. The predicted octanol–water partition coefficient (Wildman–Crippen LogP) is 3.02. The Labute approximate surface area is 94.8 Å². The van der Waals surface area contributed by atoms with E-state index in [0.29, 0.717) is 11.3 Å². The summed E-state index contributed by atoms with van der Waals surface area (Å²) in [6.45, 7) is 6.84. The minimum Gasteiger partial charge on any atom is -0.276 e. The largest absolute Gasteiger partial charge is 0.276 e. The highest BCUT2D eigenvalue weighted by Gasteiger charge is 2.24. The van der Waals surface area contributed by atoms with Gasteiger partial charge in [0.2, 0.25) is 0 Å². The lowest BCUT2D eigenvalue weighted by Gasteiger charge is -2.28. The van der Waals surface area contributed by atoms with Crippen molar-refractivity contribution in [2.45, 2.75) is 27.2 Å². The second-order valence-corrected chi connectivity index (χ2v) is 5.55. The molecule has 1 aromatic heterocycles. The quantitative estimate of drug-likeness (QED) is 0.763. The molecule has 0 aromatic carbocycles. The van der Waals surface area contributed by atoms with E-state index >= 15 is 0 Å². The first-order valence-corrected chi connectivity index (χ1v) is 6.10. The molecule has 0 radical (unpaired) electrons. The third-order valence-electron chi connectivity index (χ3n) is 2.64. The molecule has 0 aliphatic heterocycles. The zero-order valence-electron chi connectivity index (χ0n) is 9.42. The number of aromatic nitrogens is 2. The lowest BCUT2D eigenvalue weighted by molar-refractivity contribution is 0.265. The third kappa shape index (κ3) is 3.12. The van der Waals surface area contributed by atoms with Crippen molar-refractivity contribution in [1.82, 2.24) is 9.78 Å². The molecule has 1 unspecified atom stereocenters. The van der Waals surface area contributed by atoms with Crippen LogP contribution in [0.4, 0.5) is 0 Å². The molecule has 0 aliphatic carbocycles. The van der Waals surface area contributed by atoms with Crippen molar-refractivity contribution in [3.8, 4) is 0 Å². The van der Waals surface area contributed by atoms with Gasteiger partial charge in [0.15, 0.2) is 0 Å². The minimum absolute atomic E-state index is 0.334. The van der Waals surface area contributed by atoms with Crippen molar-refractivity contribution < 1.29 is 0 Å². The highest BCUT2D eigenvalue weighted by Crippen LogP contribution is 2.30. The van der Waals surface area contributed by atoms with E-state index in [-0.39, 0.29) is 0 Å². The van der Waals surface area contributed by atoms with Crippen LogP contribution in [0, 0.1) is 11.3 Å². The van der Waals surface area contributed by atoms with Crippen LogP contribution in [0.5, 0.6) is 0 Å². The molecule has 2 nitrogen and oxygen atoms in total. The Kier molecular flexibility index (Phi) is 3.76. The van der Waals surface area contributed by atoms with Gasteiger partial charge in [-0.2, -0.15) is 5.10 Å². The van der Waals surface area contributed by atoms with E-state index < -0.39 is 0 Å². The van der Waals surface area contributed by atoms with E-state index in [1.165, 1.54) is 5.69 Å². The van der Waals surface area contributed by atoms with E-state index in [1.54, 1.807) is 0 Å². The normalized spacial score (nSPS) is 14.4. The second kappa shape index (κ2) is 4.47. The number of hydrogen-bond donors (Lipinski definition) is 0. The average Bonchev–Trinajstić information content (AvgIpc) is 2.45. The van der Waals surface area contributed by atoms with E-state index in [1.807, 2.05) is 17.9 Å². The molecule has 3 heteroatoms. The van der Waals surface area contributed by atoms with Crippen LogP contribution in [0.15, 0.2) is 12.3 Å². The Balaban J connectivity index is 2.66. The zero-order valence-corrected chi connectivity index (χ0v) is 11.0. The van der Waals surface area contributed by atoms with Gasteiger partial charge in [0.05, 0.1) is 5.69 Å². The fourth-order valence-electron chi connectivity index (χ4n) is 1.42. The summed E-state index contributed by atoms with van der Waals surface area (Å²) in [5, 5.41) is 5.44. The Morgan fingerprint density at radius 2 is 2.14 bits per heavy atom. The van der Waals surface area contributed by atoms with Gasteiger partial charge in [0.25, 0.3) is 0 Å². The monoisotopic (exact) mass is 258 g/mol. The molecule has 0 fully saturated rings. The van der Waals surface area contributed by atoms with E-state index in [0.717, 1.165) is 11.8 Å². The molecule has 0 bridgehead atoms. The standard InChI is InChI=1S/C11H19BrN2/c1-11(2,3)9(8-12)7-10-5-6-14(4)13-10/h5-6,9H,7-8H2,1-4H3. The van der Waals surface area contributed by atoms with Crippen molar-refractivity contribution in [3.63, 3.8) is 0 Å². The van der Waals surface area contributed by atoms with Gasteiger partial charge >= 0.3 is 0 Å². The van der Waals surface area contributed by atoms with Crippen LogP contribution in [-0.2, 0) is 13.5 Å². The molecule has 1 heterocycles. The average molecular weight is 259 g/mol. The molecule has 0 amide bonds. The summed E-state index contributed by atoms with van der Waals surface area (Å²) in [7, 11) is 1.96. The van der Waals surface area contributed by atoms with Gasteiger partial charge in [-0.25, -0.2) is 0 Å². The molecular weight excluding hydrogens is 240 g/mol. The summed E-state index contributed by atoms with van der Waals surface area (Å²) >= 11 is 3.58. The maximum Gasteiger partial charge on any atom is 0.0627 e. The Hall–Kier alpha value is -0.310. The van der Waals surface area contributed by atoms with Crippen LogP contribution >= 0.6 is 15.9 Å². The highest BCUT2D eigenvalue weighted by atomic mass is 79.9. The summed E-state index contributed by atoms with van der Waals surface area (Å²) in [5.74, 6) is 0.636. The van der Waals surface area contributed by atoms with Crippen LogP contribution in [0.1, 0.15) is 26.5 Å². The molecule has 0 N–H and O–H groups in total. The lowest BCUT2D eigenvalue weighted by atomic mass is 9.79. The van der Waals surface area contributed by atoms with Gasteiger partial charge in [0.1, 0.15) is 0 Å².